The molecule has 124 valence electrons. The molecular weight excluding hydrogens is 292 g/mol. The molecule has 6 nitrogen and oxygen atoms in total. The minimum absolute atomic E-state index is 0.112. The summed E-state index contributed by atoms with van der Waals surface area (Å²) in [6.07, 6.45) is 1.30. The van der Waals surface area contributed by atoms with Gasteiger partial charge in [0.25, 0.3) is 0 Å². The molecular formula is C17H24N4O2. The van der Waals surface area contributed by atoms with E-state index >= 15 is 0 Å². The number of benzene rings is 1. The smallest absolute Gasteiger partial charge is 0.407 e. The van der Waals surface area contributed by atoms with Crippen LogP contribution in [0.3, 0.4) is 0 Å². The monoisotopic (exact) mass is 316 g/mol. The molecule has 0 atom stereocenters. The van der Waals surface area contributed by atoms with E-state index in [0.29, 0.717) is 11.3 Å². The molecule has 0 radical (unpaired) electrons. The van der Waals surface area contributed by atoms with Gasteiger partial charge in [0.1, 0.15) is 5.60 Å². The van der Waals surface area contributed by atoms with Crippen LogP contribution in [0.2, 0.25) is 0 Å². The van der Waals surface area contributed by atoms with Gasteiger partial charge in [0, 0.05) is 19.1 Å². The van der Waals surface area contributed by atoms with Gasteiger partial charge in [-0.15, -0.1) is 0 Å². The average molecular weight is 316 g/mol. The maximum absolute atomic E-state index is 11.8. The first-order chi connectivity index (χ1) is 10.8. The highest BCUT2D eigenvalue weighted by Gasteiger charge is 2.24. The van der Waals surface area contributed by atoms with Crippen molar-refractivity contribution >= 4 is 17.5 Å². The third-order valence-electron chi connectivity index (χ3n) is 3.71. The number of hydrogen-bond acceptors (Lipinski definition) is 5. The summed E-state index contributed by atoms with van der Waals surface area (Å²) in [4.78, 5) is 14.0. The van der Waals surface area contributed by atoms with Gasteiger partial charge in [-0.25, -0.2) is 4.79 Å². The van der Waals surface area contributed by atoms with E-state index in [0.717, 1.165) is 31.6 Å². The number of alkyl carbamates (subject to hydrolysis) is 1. The second-order valence-corrected chi connectivity index (χ2v) is 6.79. The lowest BCUT2D eigenvalue weighted by molar-refractivity contribution is 0.0497. The van der Waals surface area contributed by atoms with Gasteiger partial charge >= 0.3 is 6.09 Å². The van der Waals surface area contributed by atoms with Crippen LogP contribution in [0, 0.1) is 11.3 Å². The fourth-order valence-corrected chi connectivity index (χ4v) is 2.65. The summed E-state index contributed by atoms with van der Waals surface area (Å²) >= 11 is 0. The summed E-state index contributed by atoms with van der Waals surface area (Å²) in [5.41, 5.74) is 7.67. The summed E-state index contributed by atoms with van der Waals surface area (Å²) < 4.78 is 5.28. The van der Waals surface area contributed by atoms with Crippen LogP contribution >= 0.6 is 0 Å². The first-order valence-corrected chi connectivity index (χ1v) is 7.82. The minimum Gasteiger partial charge on any atom is -0.444 e. The number of amides is 1. The van der Waals surface area contributed by atoms with Gasteiger partial charge in [-0.1, -0.05) is 0 Å². The number of hydrogen-bond donors (Lipinski definition) is 2. The maximum Gasteiger partial charge on any atom is 0.407 e. The standard InChI is InChI=1S/C17H24N4O2/c1-17(2,3)23-16(22)20-13-6-8-21(9-7-13)15-5-4-12(11-18)10-14(15)19/h4-5,10,13H,6-9,19H2,1-3H3,(H,20,22). The molecule has 23 heavy (non-hydrogen) atoms. The lowest BCUT2D eigenvalue weighted by Gasteiger charge is -2.34. The van der Waals surface area contributed by atoms with E-state index in [2.05, 4.69) is 16.3 Å². The summed E-state index contributed by atoms with van der Waals surface area (Å²) in [7, 11) is 0. The molecule has 0 saturated carbocycles. The number of carbonyl (C=O) groups excluding carboxylic acids is 1. The van der Waals surface area contributed by atoms with E-state index < -0.39 is 5.60 Å². The van der Waals surface area contributed by atoms with Gasteiger partial charge in [0.2, 0.25) is 0 Å². The van der Waals surface area contributed by atoms with Crippen molar-refractivity contribution in [2.75, 3.05) is 23.7 Å². The fraction of sp³-hybridized carbons (Fsp3) is 0.529. The number of carbonyl (C=O) groups is 1. The van der Waals surface area contributed by atoms with Crippen LogP contribution in [0.1, 0.15) is 39.2 Å². The molecule has 3 N–H and O–H groups in total. The van der Waals surface area contributed by atoms with E-state index in [-0.39, 0.29) is 12.1 Å². The summed E-state index contributed by atoms with van der Waals surface area (Å²) in [5, 5.41) is 11.8. The second kappa shape index (κ2) is 6.78. The molecule has 1 aliphatic heterocycles. The zero-order valence-electron chi connectivity index (χ0n) is 13.9. The molecule has 0 spiro atoms. The third-order valence-corrected chi connectivity index (χ3v) is 3.71. The molecule has 1 amide bonds. The zero-order chi connectivity index (χ0) is 17.0. The van der Waals surface area contributed by atoms with Crippen molar-refractivity contribution in [2.24, 2.45) is 0 Å². The lowest BCUT2D eigenvalue weighted by atomic mass is 10.0. The molecule has 0 unspecified atom stereocenters. The largest absolute Gasteiger partial charge is 0.444 e. The molecule has 0 aromatic heterocycles. The molecule has 1 aliphatic rings. The zero-order valence-corrected chi connectivity index (χ0v) is 13.9. The molecule has 1 aromatic carbocycles. The van der Waals surface area contributed by atoms with Crippen molar-refractivity contribution in [1.82, 2.24) is 5.32 Å². The Hall–Kier alpha value is -2.42. The molecule has 1 saturated heterocycles. The summed E-state index contributed by atoms with van der Waals surface area (Å²) in [6, 6.07) is 7.55. The second-order valence-electron chi connectivity index (χ2n) is 6.79. The number of nitrogens with one attached hydrogen (secondary N) is 1. The Morgan fingerprint density at radius 3 is 2.57 bits per heavy atom. The molecule has 1 fully saturated rings. The third kappa shape index (κ3) is 4.78. The SMILES string of the molecule is CC(C)(C)OC(=O)NC1CCN(c2ccc(C#N)cc2N)CC1. The fourth-order valence-electron chi connectivity index (χ4n) is 2.65. The topological polar surface area (TPSA) is 91.4 Å². The van der Waals surface area contributed by atoms with E-state index in [1.54, 1.807) is 12.1 Å². The minimum atomic E-state index is -0.484. The van der Waals surface area contributed by atoms with Gasteiger partial charge < -0.3 is 20.7 Å². The van der Waals surface area contributed by atoms with Gasteiger partial charge in [-0.3, -0.25) is 0 Å². The van der Waals surface area contributed by atoms with Crippen LogP contribution in [0.15, 0.2) is 18.2 Å². The predicted molar refractivity (Wildman–Crippen MR) is 90.2 cm³/mol. The van der Waals surface area contributed by atoms with Crippen molar-refractivity contribution in [3.8, 4) is 6.07 Å². The molecule has 0 bridgehead atoms. The highest BCUT2D eigenvalue weighted by Crippen LogP contribution is 2.27. The van der Waals surface area contributed by atoms with Gasteiger partial charge in [0.15, 0.2) is 0 Å². The highest BCUT2D eigenvalue weighted by atomic mass is 16.6. The number of nitrogen functional groups attached to an aromatic ring is 1. The molecule has 6 heteroatoms. The van der Waals surface area contributed by atoms with Crippen molar-refractivity contribution < 1.29 is 9.53 Å². The quantitative estimate of drug-likeness (QED) is 0.818. The van der Waals surface area contributed by atoms with E-state index in [1.807, 2.05) is 26.8 Å². The molecule has 0 aliphatic carbocycles. The van der Waals surface area contributed by atoms with E-state index in [1.165, 1.54) is 0 Å². The van der Waals surface area contributed by atoms with Gasteiger partial charge in [-0.2, -0.15) is 5.26 Å². The maximum atomic E-state index is 11.8. The first-order valence-electron chi connectivity index (χ1n) is 7.82. The lowest BCUT2D eigenvalue weighted by Crippen LogP contribution is -2.46. The van der Waals surface area contributed by atoms with Crippen LogP contribution in [-0.2, 0) is 4.74 Å². The Labute approximate surface area is 137 Å². The number of ether oxygens (including phenoxy) is 1. The first kappa shape index (κ1) is 16.9. The highest BCUT2D eigenvalue weighted by molar-refractivity contribution is 5.70. The van der Waals surface area contributed by atoms with Crippen LogP contribution in [0.5, 0.6) is 0 Å². The van der Waals surface area contributed by atoms with Crippen LogP contribution in [-0.4, -0.2) is 30.8 Å². The van der Waals surface area contributed by atoms with Crippen molar-refractivity contribution in [1.29, 1.82) is 5.26 Å². The van der Waals surface area contributed by atoms with E-state index in [4.69, 9.17) is 15.7 Å². The number of nitrogens with two attached hydrogens (primary N) is 1. The number of nitrogens with zero attached hydrogens (tertiary/aromatic N) is 2. The van der Waals surface area contributed by atoms with Crippen molar-refractivity contribution in [2.45, 2.75) is 45.3 Å². The van der Waals surface area contributed by atoms with Crippen LogP contribution in [0.25, 0.3) is 0 Å². The normalized spacial score (nSPS) is 15.8. The molecule has 1 heterocycles. The predicted octanol–water partition coefficient (Wildman–Crippen LogP) is 2.63. The number of anilines is 2. The Morgan fingerprint density at radius 1 is 1.39 bits per heavy atom. The van der Waals surface area contributed by atoms with Gasteiger partial charge in [0.05, 0.1) is 23.0 Å². The number of piperidine rings is 1. The Balaban J connectivity index is 1.89. The average Bonchev–Trinajstić information content (AvgIpc) is 2.46. The Bertz CT molecular complexity index is 608. The van der Waals surface area contributed by atoms with Crippen LogP contribution in [0.4, 0.5) is 16.2 Å². The summed E-state index contributed by atoms with van der Waals surface area (Å²) in [5.74, 6) is 0. The number of nitriles is 1. The molecule has 1 aromatic rings. The van der Waals surface area contributed by atoms with Crippen LogP contribution < -0.4 is 16.0 Å². The van der Waals surface area contributed by atoms with Gasteiger partial charge in [-0.05, 0) is 51.8 Å². The number of rotatable bonds is 2. The van der Waals surface area contributed by atoms with Crippen molar-refractivity contribution in [3.05, 3.63) is 23.8 Å². The Kier molecular flexibility index (Phi) is 4.99. The van der Waals surface area contributed by atoms with E-state index in [9.17, 15) is 4.79 Å². The molecule has 2 rings (SSSR count). The Morgan fingerprint density at radius 2 is 2.04 bits per heavy atom. The van der Waals surface area contributed by atoms with Crippen molar-refractivity contribution in [3.63, 3.8) is 0 Å². The summed E-state index contributed by atoms with van der Waals surface area (Å²) in [6.45, 7) is 7.15.